The highest BCUT2D eigenvalue weighted by atomic mass is 32.1. The van der Waals surface area contributed by atoms with Gasteiger partial charge < -0.3 is 20.3 Å². The number of hydrogen-bond acceptors (Lipinski definition) is 5. The van der Waals surface area contributed by atoms with Gasteiger partial charge in [0.25, 0.3) is 0 Å². The Morgan fingerprint density at radius 1 is 1.19 bits per heavy atom. The van der Waals surface area contributed by atoms with Crippen LogP contribution in [0.5, 0.6) is 5.75 Å². The zero-order valence-electron chi connectivity index (χ0n) is 16.0. The van der Waals surface area contributed by atoms with Crippen molar-refractivity contribution in [3.63, 3.8) is 0 Å². The molecule has 1 saturated heterocycles. The summed E-state index contributed by atoms with van der Waals surface area (Å²) < 4.78 is 5.48. The van der Waals surface area contributed by atoms with E-state index >= 15 is 0 Å². The summed E-state index contributed by atoms with van der Waals surface area (Å²) >= 11 is 7.33. The van der Waals surface area contributed by atoms with E-state index in [0.717, 1.165) is 44.2 Å². The quantitative estimate of drug-likeness (QED) is 0.689. The molecule has 1 aromatic heterocycles. The van der Waals surface area contributed by atoms with Crippen molar-refractivity contribution < 1.29 is 4.74 Å². The summed E-state index contributed by atoms with van der Waals surface area (Å²) in [6, 6.07) is 12.6. The van der Waals surface area contributed by atoms with E-state index in [1.54, 1.807) is 0 Å². The number of hydrogen-bond donors (Lipinski definition) is 2. The number of nitrogens with zero attached hydrogens (tertiary/aromatic N) is 2. The number of rotatable bonds is 7. The lowest BCUT2D eigenvalue weighted by atomic mass is 10.1. The van der Waals surface area contributed by atoms with E-state index in [0.29, 0.717) is 17.8 Å². The van der Waals surface area contributed by atoms with Crippen molar-refractivity contribution in [3.05, 3.63) is 46.7 Å². The molecule has 1 aromatic carbocycles. The Morgan fingerprint density at radius 2 is 1.93 bits per heavy atom. The van der Waals surface area contributed by atoms with E-state index in [1.807, 2.05) is 42.5 Å². The highest BCUT2D eigenvalue weighted by molar-refractivity contribution is 7.80. The molecule has 0 bridgehead atoms. The Hall–Kier alpha value is -1.67. The van der Waals surface area contributed by atoms with Gasteiger partial charge in [0.1, 0.15) is 5.75 Å². The number of benzene rings is 1. The van der Waals surface area contributed by atoms with Crippen LogP contribution in [-0.2, 0) is 0 Å². The number of piperazine rings is 1. The van der Waals surface area contributed by atoms with Crippen LogP contribution in [0.4, 0.5) is 5.69 Å². The fraction of sp³-hybridized carbons (Fsp3) is 0.450. The normalized spacial score (nSPS) is 16.7. The molecular weight excluding hydrogens is 376 g/mol. The first-order chi connectivity index (χ1) is 13.2. The Bertz CT molecular complexity index is 697. The third kappa shape index (κ3) is 5.90. The van der Waals surface area contributed by atoms with Crippen molar-refractivity contribution in [2.24, 2.45) is 0 Å². The molecule has 5 nitrogen and oxygen atoms in total. The fourth-order valence-corrected chi connectivity index (χ4v) is 4.25. The van der Waals surface area contributed by atoms with Crippen molar-refractivity contribution >= 4 is 34.4 Å². The maximum Gasteiger partial charge on any atom is 0.170 e. The summed E-state index contributed by atoms with van der Waals surface area (Å²) in [4.78, 5) is 6.32. The third-order valence-electron chi connectivity index (χ3n) is 4.73. The number of anilines is 1. The average molecular weight is 405 g/mol. The van der Waals surface area contributed by atoms with Gasteiger partial charge in [0.2, 0.25) is 0 Å². The molecule has 146 valence electrons. The Labute approximate surface area is 171 Å². The zero-order valence-corrected chi connectivity index (χ0v) is 17.6. The molecule has 0 spiro atoms. The molecule has 2 heterocycles. The molecule has 0 aliphatic carbocycles. The first-order valence-corrected chi connectivity index (χ1v) is 10.7. The van der Waals surface area contributed by atoms with Gasteiger partial charge in [0.05, 0.1) is 12.6 Å². The Kier molecular flexibility index (Phi) is 7.46. The lowest BCUT2D eigenvalue weighted by Crippen LogP contribution is -2.48. The number of thiocarbonyl (C=S) groups is 1. The molecule has 0 amide bonds. The third-order valence-corrected chi connectivity index (χ3v) is 5.95. The summed E-state index contributed by atoms with van der Waals surface area (Å²) in [5.74, 6) is 0.870. The molecule has 1 aliphatic heterocycles. The van der Waals surface area contributed by atoms with Gasteiger partial charge in [-0.15, -0.1) is 11.3 Å². The summed E-state index contributed by atoms with van der Waals surface area (Å²) in [5, 5.41) is 9.47. The molecule has 27 heavy (non-hydrogen) atoms. The number of ether oxygens (including phenoxy) is 1. The second kappa shape index (κ2) is 10.0. The molecule has 2 N–H and O–H groups in total. The molecular formula is C20H28N4OS2. The SMILES string of the molecule is CCOc1ccc(NC(=S)NCC(c2cccs2)N2CCN(C)CC2)cc1. The minimum absolute atomic E-state index is 0.346. The highest BCUT2D eigenvalue weighted by Crippen LogP contribution is 2.25. The van der Waals surface area contributed by atoms with E-state index in [1.165, 1.54) is 4.88 Å². The van der Waals surface area contributed by atoms with Gasteiger partial charge in [-0.2, -0.15) is 0 Å². The van der Waals surface area contributed by atoms with Crippen molar-refractivity contribution in [2.45, 2.75) is 13.0 Å². The standard InChI is InChI=1S/C20H28N4OS2/c1-3-25-17-8-6-16(7-9-17)22-20(26)21-15-18(19-5-4-14-27-19)24-12-10-23(2)11-13-24/h4-9,14,18H,3,10-13,15H2,1-2H3,(H2,21,22,26). The molecule has 0 saturated carbocycles. The molecule has 1 unspecified atom stereocenters. The first kappa shape index (κ1) is 20.1. The molecule has 1 fully saturated rings. The van der Waals surface area contributed by atoms with Crippen LogP contribution >= 0.6 is 23.6 Å². The van der Waals surface area contributed by atoms with Crippen LogP contribution in [0.3, 0.4) is 0 Å². The van der Waals surface area contributed by atoms with Gasteiger partial charge in [-0.1, -0.05) is 6.07 Å². The predicted octanol–water partition coefficient (Wildman–Crippen LogP) is 3.42. The highest BCUT2D eigenvalue weighted by Gasteiger charge is 2.24. The lowest BCUT2D eigenvalue weighted by Gasteiger charge is -2.37. The monoisotopic (exact) mass is 404 g/mol. The summed E-state index contributed by atoms with van der Waals surface area (Å²) in [6.45, 7) is 7.83. The molecule has 7 heteroatoms. The smallest absolute Gasteiger partial charge is 0.170 e. The van der Waals surface area contributed by atoms with Crippen LogP contribution in [0, 0.1) is 0 Å². The number of nitrogens with one attached hydrogen (secondary N) is 2. The van der Waals surface area contributed by atoms with Crippen LogP contribution in [0.15, 0.2) is 41.8 Å². The number of thiophene rings is 1. The second-order valence-electron chi connectivity index (χ2n) is 6.66. The maximum atomic E-state index is 5.51. The predicted molar refractivity (Wildman–Crippen MR) is 118 cm³/mol. The van der Waals surface area contributed by atoms with E-state index in [2.05, 4.69) is 45.0 Å². The summed E-state index contributed by atoms with van der Waals surface area (Å²) in [6.07, 6.45) is 0. The fourth-order valence-electron chi connectivity index (χ4n) is 3.19. The molecule has 1 aliphatic rings. The minimum Gasteiger partial charge on any atom is -0.494 e. The van der Waals surface area contributed by atoms with Crippen LogP contribution in [-0.4, -0.2) is 61.3 Å². The van der Waals surface area contributed by atoms with E-state index < -0.39 is 0 Å². The van der Waals surface area contributed by atoms with Crippen molar-refractivity contribution in [1.29, 1.82) is 0 Å². The van der Waals surface area contributed by atoms with Gasteiger partial charge in [0.15, 0.2) is 5.11 Å². The van der Waals surface area contributed by atoms with Crippen LogP contribution < -0.4 is 15.4 Å². The average Bonchev–Trinajstić information content (AvgIpc) is 3.20. The number of likely N-dealkylation sites (N-methyl/N-ethyl adjacent to an activating group) is 1. The van der Waals surface area contributed by atoms with Crippen molar-refractivity contribution in [1.82, 2.24) is 15.1 Å². The summed E-state index contributed by atoms with van der Waals surface area (Å²) in [7, 11) is 2.19. The zero-order chi connectivity index (χ0) is 19.1. The largest absolute Gasteiger partial charge is 0.494 e. The van der Waals surface area contributed by atoms with Crippen LogP contribution in [0.25, 0.3) is 0 Å². The molecule has 2 aromatic rings. The van der Waals surface area contributed by atoms with Crippen molar-refractivity contribution in [3.8, 4) is 5.75 Å². The van der Waals surface area contributed by atoms with Crippen LogP contribution in [0.1, 0.15) is 17.8 Å². The first-order valence-electron chi connectivity index (χ1n) is 9.39. The molecule has 3 rings (SSSR count). The summed E-state index contributed by atoms with van der Waals surface area (Å²) in [5.41, 5.74) is 0.961. The van der Waals surface area contributed by atoms with Crippen molar-refractivity contribution in [2.75, 3.05) is 51.7 Å². The minimum atomic E-state index is 0.346. The molecule has 1 atom stereocenters. The van der Waals surface area contributed by atoms with Crippen LogP contribution in [0.2, 0.25) is 0 Å². The second-order valence-corrected chi connectivity index (χ2v) is 8.05. The van der Waals surface area contributed by atoms with E-state index in [9.17, 15) is 0 Å². The Morgan fingerprint density at radius 3 is 2.56 bits per heavy atom. The Balaban J connectivity index is 1.55. The maximum absolute atomic E-state index is 5.51. The lowest BCUT2D eigenvalue weighted by molar-refractivity contribution is 0.114. The molecule has 0 radical (unpaired) electrons. The van der Waals surface area contributed by atoms with Gasteiger partial charge in [-0.3, -0.25) is 4.90 Å². The van der Waals surface area contributed by atoms with Gasteiger partial charge >= 0.3 is 0 Å². The topological polar surface area (TPSA) is 39.8 Å². The van der Waals surface area contributed by atoms with Gasteiger partial charge in [-0.05, 0) is 61.9 Å². The van der Waals surface area contributed by atoms with E-state index in [-0.39, 0.29) is 0 Å². The van der Waals surface area contributed by atoms with Gasteiger partial charge in [0, 0.05) is 43.3 Å². The van der Waals surface area contributed by atoms with E-state index in [4.69, 9.17) is 17.0 Å². The van der Waals surface area contributed by atoms with Gasteiger partial charge in [-0.25, -0.2) is 0 Å².